The first kappa shape index (κ1) is 12.3. The Labute approximate surface area is 98.7 Å². The van der Waals surface area contributed by atoms with Crippen LogP contribution in [0, 0.1) is 10.5 Å². The molecule has 0 atom stereocenters. The van der Waals surface area contributed by atoms with Crippen molar-refractivity contribution in [3.63, 3.8) is 0 Å². The first-order valence-corrected chi connectivity index (χ1v) is 5.15. The third kappa shape index (κ3) is 2.83. The molecule has 1 N–H and O–H groups in total. The molecule has 1 aromatic rings. The molecule has 6 heteroatoms. The molecular formula is C9H8F2INO2. The number of pyridine rings is 1. The predicted molar refractivity (Wildman–Crippen MR) is 58.0 cm³/mol. The van der Waals surface area contributed by atoms with Crippen molar-refractivity contribution in [1.82, 2.24) is 4.98 Å². The van der Waals surface area contributed by atoms with Crippen LogP contribution in [0.2, 0.25) is 0 Å². The Morgan fingerprint density at radius 2 is 2.27 bits per heavy atom. The molecule has 82 valence electrons. The molecule has 0 saturated heterocycles. The lowest BCUT2D eigenvalue weighted by Crippen LogP contribution is -2.09. The molecule has 0 aromatic carbocycles. The molecule has 0 unspecified atom stereocenters. The SMILES string of the molecule is Cc1c(I)cnc(C(F)F)c1CC(=O)O. The van der Waals surface area contributed by atoms with E-state index >= 15 is 0 Å². The van der Waals surface area contributed by atoms with Crippen molar-refractivity contribution >= 4 is 28.6 Å². The van der Waals surface area contributed by atoms with Gasteiger partial charge in [-0.3, -0.25) is 9.78 Å². The van der Waals surface area contributed by atoms with Crippen molar-refractivity contribution in [2.75, 3.05) is 0 Å². The van der Waals surface area contributed by atoms with Gasteiger partial charge in [-0.1, -0.05) is 0 Å². The van der Waals surface area contributed by atoms with Crippen molar-refractivity contribution in [2.45, 2.75) is 19.8 Å². The second-order valence-corrected chi connectivity index (χ2v) is 4.13. The number of hydrogen-bond acceptors (Lipinski definition) is 2. The lowest BCUT2D eigenvalue weighted by atomic mass is 10.0. The average molecular weight is 327 g/mol. The Hall–Kier alpha value is -0.790. The van der Waals surface area contributed by atoms with Crippen LogP contribution in [0.25, 0.3) is 0 Å². The van der Waals surface area contributed by atoms with Gasteiger partial charge in [-0.15, -0.1) is 0 Å². The second kappa shape index (κ2) is 4.82. The number of carbonyl (C=O) groups is 1. The van der Waals surface area contributed by atoms with E-state index in [1.54, 1.807) is 6.92 Å². The Kier molecular flexibility index (Phi) is 3.95. The van der Waals surface area contributed by atoms with Gasteiger partial charge in [0.2, 0.25) is 0 Å². The van der Waals surface area contributed by atoms with Crippen molar-refractivity contribution in [2.24, 2.45) is 0 Å². The number of aromatic nitrogens is 1. The van der Waals surface area contributed by atoms with E-state index in [4.69, 9.17) is 5.11 Å². The van der Waals surface area contributed by atoms with Gasteiger partial charge in [0.1, 0.15) is 5.69 Å². The first-order chi connectivity index (χ1) is 6.93. The van der Waals surface area contributed by atoms with Crippen LogP contribution >= 0.6 is 22.6 Å². The largest absolute Gasteiger partial charge is 0.481 e. The standard InChI is InChI=1S/C9H8F2INO2/c1-4-5(2-7(14)15)8(9(10)11)13-3-6(4)12/h3,9H,2H2,1H3,(H,14,15). The van der Waals surface area contributed by atoms with E-state index in [-0.39, 0.29) is 5.56 Å². The van der Waals surface area contributed by atoms with Crippen LogP contribution in [-0.4, -0.2) is 16.1 Å². The maximum absolute atomic E-state index is 12.5. The van der Waals surface area contributed by atoms with Gasteiger partial charge in [0.25, 0.3) is 6.43 Å². The molecule has 0 spiro atoms. The number of nitrogens with zero attached hydrogens (tertiary/aromatic N) is 1. The van der Waals surface area contributed by atoms with E-state index < -0.39 is 24.5 Å². The highest BCUT2D eigenvalue weighted by Crippen LogP contribution is 2.26. The summed E-state index contributed by atoms with van der Waals surface area (Å²) in [7, 11) is 0. The molecule has 0 amide bonds. The number of aliphatic carboxylic acids is 1. The zero-order chi connectivity index (χ0) is 11.6. The number of rotatable bonds is 3. The Bertz CT molecular complexity index is 396. The van der Waals surface area contributed by atoms with Crippen LogP contribution < -0.4 is 0 Å². The smallest absolute Gasteiger partial charge is 0.307 e. The molecule has 1 heterocycles. The summed E-state index contributed by atoms with van der Waals surface area (Å²) in [5, 5.41) is 8.61. The van der Waals surface area contributed by atoms with E-state index in [0.717, 1.165) is 0 Å². The van der Waals surface area contributed by atoms with Gasteiger partial charge in [-0.2, -0.15) is 0 Å². The fourth-order valence-electron chi connectivity index (χ4n) is 1.20. The maximum Gasteiger partial charge on any atom is 0.307 e. The monoisotopic (exact) mass is 327 g/mol. The summed E-state index contributed by atoms with van der Waals surface area (Å²) in [6.07, 6.45) is -1.84. The van der Waals surface area contributed by atoms with Crippen molar-refractivity contribution in [3.8, 4) is 0 Å². The maximum atomic E-state index is 12.5. The third-order valence-electron chi connectivity index (χ3n) is 1.97. The van der Waals surface area contributed by atoms with Gasteiger partial charge in [0.05, 0.1) is 6.42 Å². The highest BCUT2D eigenvalue weighted by molar-refractivity contribution is 14.1. The van der Waals surface area contributed by atoms with E-state index in [2.05, 4.69) is 4.98 Å². The van der Waals surface area contributed by atoms with Gasteiger partial charge in [0.15, 0.2) is 0 Å². The predicted octanol–water partition coefficient (Wildman–Crippen LogP) is 2.56. The van der Waals surface area contributed by atoms with E-state index in [0.29, 0.717) is 9.13 Å². The van der Waals surface area contributed by atoms with Crippen LogP contribution in [0.1, 0.15) is 23.2 Å². The summed E-state index contributed by atoms with van der Waals surface area (Å²) in [6, 6.07) is 0. The minimum Gasteiger partial charge on any atom is -0.481 e. The lowest BCUT2D eigenvalue weighted by molar-refractivity contribution is -0.136. The van der Waals surface area contributed by atoms with Crippen LogP contribution in [0.15, 0.2) is 6.20 Å². The molecule has 1 aromatic heterocycles. The number of hydrogen-bond donors (Lipinski definition) is 1. The molecule has 3 nitrogen and oxygen atoms in total. The number of carboxylic acids is 1. The van der Waals surface area contributed by atoms with Crippen LogP contribution in [0.3, 0.4) is 0 Å². The quantitative estimate of drug-likeness (QED) is 0.868. The Morgan fingerprint density at radius 1 is 1.67 bits per heavy atom. The van der Waals surface area contributed by atoms with Gasteiger partial charge in [0, 0.05) is 9.77 Å². The summed E-state index contributed by atoms with van der Waals surface area (Å²) in [5.41, 5.74) is 0.239. The fourth-order valence-corrected chi connectivity index (χ4v) is 1.66. The number of carboxylic acid groups (broad SMARTS) is 1. The van der Waals surface area contributed by atoms with Crippen molar-refractivity contribution in [1.29, 1.82) is 0 Å². The minimum atomic E-state index is -2.74. The summed E-state index contributed by atoms with van der Waals surface area (Å²) in [6.45, 7) is 1.62. The molecule has 0 bridgehead atoms. The molecular weight excluding hydrogens is 319 g/mol. The number of alkyl halides is 2. The molecule has 1 rings (SSSR count). The minimum absolute atomic E-state index is 0.115. The van der Waals surface area contributed by atoms with Gasteiger partial charge in [-0.05, 0) is 40.6 Å². The molecule has 0 fully saturated rings. The summed E-state index contributed by atoms with van der Waals surface area (Å²) in [5.74, 6) is -1.14. The number of halogens is 3. The normalized spacial score (nSPS) is 10.7. The van der Waals surface area contributed by atoms with Gasteiger partial charge >= 0.3 is 5.97 Å². The Morgan fingerprint density at radius 3 is 2.73 bits per heavy atom. The van der Waals surface area contributed by atoms with Crippen LogP contribution in [-0.2, 0) is 11.2 Å². The van der Waals surface area contributed by atoms with Gasteiger partial charge in [-0.25, -0.2) is 8.78 Å². The molecule has 0 aliphatic rings. The van der Waals surface area contributed by atoms with Crippen LogP contribution in [0.5, 0.6) is 0 Å². The molecule has 0 aliphatic carbocycles. The van der Waals surface area contributed by atoms with Gasteiger partial charge < -0.3 is 5.11 Å². The lowest BCUT2D eigenvalue weighted by Gasteiger charge is -2.10. The zero-order valence-electron chi connectivity index (χ0n) is 7.80. The molecule has 15 heavy (non-hydrogen) atoms. The summed E-state index contributed by atoms with van der Waals surface area (Å²) >= 11 is 1.94. The average Bonchev–Trinajstić information content (AvgIpc) is 2.12. The third-order valence-corrected chi connectivity index (χ3v) is 3.06. The highest BCUT2D eigenvalue weighted by Gasteiger charge is 2.19. The fraction of sp³-hybridized carbons (Fsp3) is 0.333. The topological polar surface area (TPSA) is 50.2 Å². The summed E-state index contributed by atoms with van der Waals surface area (Å²) < 4.78 is 25.8. The van der Waals surface area contributed by atoms with Crippen molar-refractivity contribution < 1.29 is 18.7 Å². The first-order valence-electron chi connectivity index (χ1n) is 4.07. The zero-order valence-corrected chi connectivity index (χ0v) is 9.96. The molecule has 0 saturated carbocycles. The van der Waals surface area contributed by atoms with E-state index in [9.17, 15) is 13.6 Å². The second-order valence-electron chi connectivity index (χ2n) is 2.97. The van der Waals surface area contributed by atoms with Crippen LogP contribution in [0.4, 0.5) is 8.78 Å². The van der Waals surface area contributed by atoms with Crippen molar-refractivity contribution in [3.05, 3.63) is 26.6 Å². The molecule has 0 aliphatic heterocycles. The molecule has 0 radical (unpaired) electrons. The summed E-state index contributed by atoms with van der Waals surface area (Å²) in [4.78, 5) is 14.1. The Balaban J connectivity index is 3.28. The highest BCUT2D eigenvalue weighted by atomic mass is 127. The van der Waals surface area contributed by atoms with E-state index in [1.807, 2.05) is 22.6 Å². The van der Waals surface area contributed by atoms with E-state index in [1.165, 1.54) is 6.20 Å².